The molecule has 1 aromatic carbocycles. The van der Waals surface area contributed by atoms with Crippen LogP contribution in [0.3, 0.4) is 0 Å². The molecule has 1 aromatic heterocycles. The van der Waals surface area contributed by atoms with Crippen LogP contribution in [0.1, 0.15) is 5.56 Å². The topological polar surface area (TPSA) is 93.2 Å². The SMILES string of the molecule is COCC(=O)Nc1nnc(SCC(=O)Nc2ccc(C)c(Cl)c2)s1. The molecule has 7 nitrogen and oxygen atoms in total. The van der Waals surface area contributed by atoms with Crippen molar-refractivity contribution in [1.29, 1.82) is 0 Å². The molecule has 0 saturated carbocycles. The van der Waals surface area contributed by atoms with Gasteiger partial charge in [-0.3, -0.25) is 14.9 Å². The van der Waals surface area contributed by atoms with Crippen LogP contribution in [0.15, 0.2) is 22.5 Å². The summed E-state index contributed by atoms with van der Waals surface area (Å²) >= 11 is 8.45. The van der Waals surface area contributed by atoms with Crippen molar-refractivity contribution in [3.05, 3.63) is 28.8 Å². The normalized spacial score (nSPS) is 10.5. The molecule has 0 aliphatic carbocycles. The highest BCUT2D eigenvalue weighted by molar-refractivity contribution is 8.01. The van der Waals surface area contributed by atoms with Gasteiger partial charge in [-0.05, 0) is 24.6 Å². The van der Waals surface area contributed by atoms with E-state index in [0.29, 0.717) is 20.2 Å². The molecule has 0 aliphatic rings. The highest BCUT2D eigenvalue weighted by atomic mass is 35.5. The predicted molar refractivity (Wildman–Crippen MR) is 96.0 cm³/mol. The van der Waals surface area contributed by atoms with Crippen LogP contribution in [0.5, 0.6) is 0 Å². The summed E-state index contributed by atoms with van der Waals surface area (Å²) in [5.41, 5.74) is 1.59. The largest absolute Gasteiger partial charge is 0.375 e. The quantitative estimate of drug-likeness (QED) is 0.561. The lowest BCUT2D eigenvalue weighted by atomic mass is 10.2. The predicted octanol–water partition coefficient (Wildman–Crippen LogP) is 2.82. The van der Waals surface area contributed by atoms with Crippen LogP contribution in [0.25, 0.3) is 0 Å². The number of methoxy groups -OCH3 is 1. The molecule has 2 rings (SSSR count). The molecule has 0 fully saturated rings. The maximum absolute atomic E-state index is 11.9. The van der Waals surface area contributed by atoms with Crippen molar-refractivity contribution in [1.82, 2.24) is 10.2 Å². The molecule has 24 heavy (non-hydrogen) atoms. The molecule has 128 valence electrons. The van der Waals surface area contributed by atoms with Gasteiger partial charge < -0.3 is 10.1 Å². The minimum absolute atomic E-state index is 0.0520. The average Bonchev–Trinajstić information content (AvgIpc) is 2.96. The summed E-state index contributed by atoms with van der Waals surface area (Å²) in [4.78, 5) is 23.3. The van der Waals surface area contributed by atoms with E-state index in [1.807, 2.05) is 13.0 Å². The van der Waals surface area contributed by atoms with Crippen molar-refractivity contribution in [2.45, 2.75) is 11.3 Å². The summed E-state index contributed by atoms with van der Waals surface area (Å²) in [5, 5.41) is 14.0. The van der Waals surface area contributed by atoms with Gasteiger partial charge in [0.2, 0.25) is 11.0 Å². The van der Waals surface area contributed by atoms with E-state index in [9.17, 15) is 9.59 Å². The summed E-state index contributed by atoms with van der Waals surface area (Å²) in [7, 11) is 1.43. The molecule has 0 aliphatic heterocycles. The summed E-state index contributed by atoms with van der Waals surface area (Å²) in [6.45, 7) is 1.84. The van der Waals surface area contributed by atoms with Crippen LogP contribution in [0.4, 0.5) is 10.8 Å². The molecule has 2 N–H and O–H groups in total. The molecule has 0 bridgehead atoms. The molecular weight excluding hydrogens is 372 g/mol. The van der Waals surface area contributed by atoms with Gasteiger partial charge in [0.15, 0.2) is 4.34 Å². The molecular formula is C14H15ClN4O3S2. The first-order chi connectivity index (χ1) is 11.5. The Morgan fingerprint density at radius 3 is 2.79 bits per heavy atom. The van der Waals surface area contributed by atoms with E-state index in [-0.39, 0.29) is 24.2 Å². The van der Waals surface area contributed by atoms with E-state index in [1.165, 1.54) is 30.2 Å². The van der Waals surface area contributed by atoms with Crippen molar-refractivity contribution in [3.8, 4) is 0 Å². The Balaban J connectivity index is 1.82. The molecule has 0 atom stereocenters. The molecule has 10 heteroatoms. The third-order valence-corrected chi connectivity index (χ3v) is 5.09. The first-order valence-electron chi connectivity index (χ1n) is 6.79. The van der Waals surface area contributed by atoms with Crippen molar-refractivity contribution < 1.29 is 14.3 Å². The summed E-state index contributed by atoms with van der Waals surface area (Å²) in [6, 6.07) is 5.33. The van der Waals surface area contributed by atoms with Crippen LogP contribution < -0.4 is 10.6 Å². The van der Waals surface area contributed by atoms with Gasteiger partial charge in [-0.2, -0.15) is 0 Å². The van der Waals surface area contributed by atoms with Crippen molar-refractivity contribution in [2.75, 3.05) is 30.1 Å². The molecule has 2 aromatic rings. The minimum atomic E-state index is -0.306. The van der Waals surface area contributed by atoms with Crippen LogP contribution in [0.2, 0.25) is 5.02 Å². The third kappa shape index (κ3) is 5.75. The highest BCUT2D eigenvalue weighted by Gasteiger charge is 2.11. The monoisotopic (exact) mass is 386 g/mol. The second-order valence-corrected chi connectivity index (χ2v) is 7.26. The number of aromatic nitrogens is 2. The van der Waals surface area contributed by atoms with Crippen LogP contribution >= 0.6 is 34.7 Å². The number of carbonyl (C=O) groups excluding carboxylic acids is 2. The van der Waals surface area contributed by atoms with Crippen molar-refractivity contribution in [2.24, 2.45) is 0 Å². The molecule has 0 unspecified atom stereocenters. The summed E-state index contributed by atoms with van der Waals surface area (Å²) in [6.07, 6.45) is 0. The summed E-state index contributed by atoms with van der Waals surface area (Å²) in [5.74, 6) is -0.314. The lowest BCUT2D eigenvalue weighted by Crippen LogP contribution is -2.16. The Bertz CT molecular complexity index is 739. The van der Waals surface area contributed by atoms with Crippen molar-refractivity contribution in [3.63, 3.8) is 0 Å². The number of rotatable bonds is 7. The van der Waals surface area contributed by atoms with Gasteiger partial charge in [0.05, 0.1) is 5.75 Å². The maximum atomic E-state index is 11.9. The van der Waals surface area contributed by atoms with E-state index in [1.54, 1.807) is 12.1 Å². The Labute approximate surface area is 152 Å². The number of halogens is 1. The maximum Gasteiger partial charge on any atom is 0.252 e. The van der Waals surface area contributed by atoms with Crippen LogP contribution in [-0.4, -0.2) is 41.5 Å². The zero-order chi connectivity index (χ0) is 17.5. The third-order valence-electron chi connectivity index (χ3n) is 2.71. The van der Waals surface area contributed by atoms with Gasteiger partial charge in [-0.15, -0.1) is 10.2 Å². The van der Waals surface area contributed by atoms with Gasteiger partial charge in [-0.25, -0.2) is 0 Å². The molecule has 0 spiro atoms. The smallest absolute Gasteiger partial charge is 0.252 e. The molecule has 2 amide bonds. The second kappa shape index (κ2) is 8.97. The Kier molecular flexibility index (Phi) is 6.98. The summed E-state index contributed by atoms with van der Waals surface area (Å²) < 4.78 is 5.29. The average molecular weight is 387 g/mol. The van der Waals surface area contributed by atoms with Crippen LogP contribution in [-0.2, 0) is 14.3 Å². The Hall–Kier alpha value is -1.68. The van der Waals surface area contributed by atoms with Gasteiger partial charge in [0, 0.05) is 17.8 Å². The number of nitrogens with zero attached hydrogens (tertiary/aromatic N) is 2. The zero-order valence-corrected chi connectivity index (χ0v) is 15.3. The van der Waals surface area contributed by atoms with E-state index in [4.69, 9.17) is 16.3 Å². The van der Waals surface area contributed by atoms with E-state index >= 15 is 0 Å². The standard InChI is InChI=1S/C14H15ClN4O3S2/c1-8-3-4-9(5-10(8)15)16-12(21)7-23-14-19-18-13(24-14)17-11(20)6-22-2/h3-5H,6-7H2,1-2H3,(H,16,21)(H,17,18,20). The lowest BCUT2D eigenvalue weighted by molar-refractivity contribution is -0.119. The van der Waals surface area contributed by atoms with E-state index in [2.05, 4.69) is 20.8 Å². The van der Waals surface area contributed by atoms with Crippen molar-refractivity contribution >= 4 is 57.3 Å². The Morgan fingerprint density at radius 1 is 1.29 bits per heavy atom. The number of thioether (sulfide) groups is 1. The second-order valence-electron chi connectivity index (χ2n) is 4.66. The number of hydrogen-bond acceptors (Lipinski definition) is 7. The number of aryl methyl sites for hydroxylation is 1. The van der Waals surface area contributed by atoms with Gasteiger partial charge in [-0.1, -0.05) is 40.8 Å². The first-order valence-corrected chi connectivity index (χ1v) is 8.97. The first kappa shape index (κ1) is 18.7. The molecule has 0 radical (unpaired) electrons. The number of ether oxygens (including phenoxy) is 1. The van der Waals surface area contributed by atoms with Crippen LogP contribution in [0, 0.1) is 6.92 Å². The number of carbonyl (C=O) groups is 2. The fourth-order valence-electron chi connectivity index (χ4n) is 1.60. The Morgan fingerprint density at radius 2 is 2.08 bits per heavy atom. The fourth-order valence-corrected chi connectivity index (χ4v) is 3.35. The van der Waals surface area contributed by atoms with E-state index < -0.39 is 0 Å². The van der Waals surface area contributed by atoms with E-state index in [0.717, 1.165) is 5.56 Å². The highest BCUT2D eigenvalue weighted by Crippen LogP contribution is 2.26. The number of hydrogen-bond donors (Lipinski definition) is 2. The lowest BCUT2D eigenvalue weighted by Gasteiger charge is -2.05. The minimum Gasteiger partial charge on any atom is -0.375 e. The zero-order valence-electron chi connectivity index (χ0n) is 13.0. The molecule has 1 heterocycles. The number of nitrogens with one attached hydrogen (secondary N) is 2. The van der Waals surface area contributed by atoms with Gasteiger partial charge in [0.25, 0.3) is 5.91 Å². The number of amides is 2. The molecule has 0 saturated heterocycles. The number of benzene rings is 1. The van der Waals surface area contributed by atoms with Gasteiger partial charge in [0.1, 0.15) is 6.61 Å². The fraction of sp³-hybridized carbons (Fsp3) is 0.286. The van der Waals surface area contributed by atoms with Gasteiger partial charge >= 0.3 is 0 Å². The number of anilines is 2.